The van der Waals surface area contributed by atoms with E-state index in [2.05, 4.69) is 66.3 Å². The van der Waals surface area contributed by atoms with Gasteiger partial charge in [-0.3, -0.25) is 48.4 Å². The Morgan fingerprint density at radius 1 is 0.639 bits per heavy atom. The normalized spacial score (nSPS) is 24.9. The molecule has 0 spiro atoms. The lowest BCUT2D eigenvalue weighted by Gasteiger charge is -2.45. The van der Waals surface area contributed by atoms with Crippen molar-refractivity contribution in [2.75, 3.05) is 121 Å². The molecule has 19 nitrogen and oxygen atoms in total. The molecule has 21 heteroatoms. The van der Waals surface area contributed by atoms with Crippen molar-refractivity contribution in [3.63, 3.8) is 0 Å². The van der Waals surface area contributed by atoms with E-state index in [-0.39, 0.29) is 89.7 Å². The second kappa shape index (κ2) is 25.2. The van der Waals surface area contributed by atoms with E-state index in [0.717, 1.165) is 35.6 Å². The molecule has 4 saturated heterocycles. The fourth-order valence-electron chi connectivity index (χ4n) is 13.2. The number of rotatable bonds is 17. The van der Waals surface area contributed by atoms with Crippen LogP contribution in [0, 0.1) is 11.6 Å². The quantitative estimate of drug-likeness (QED) is 0.0969. The van der Waals surface area contributed by atoms with Gasteiger partial charge in [-0.25, -0.2) is 8.78 Å². The zero-order valence-electron chi connectivity index (χ0n) is 49.3. The van der Waals surface area contributed by atoms with Crippen LogP contribution in [0.1, 0.15) is 94.9 Å². The van der Waals surface area contributed by atoms with E-state index in [1.807, 2.05) is 49.6 Å². The van der Waals surface area contributed by atoms with E-state index in [9.17, 15) is 37.5 Å². The maximum Gasteiger partial charge on any atom is 0.251 e. The molecule has 6 aliphatic rings. The molecule has 0 radical (unpaired) electrons. The van der Waals surface area contributed by atoms with E-state index in [0.29, 0.717) is 133 Å². The van der Waals surface area contributed by atoms with Crippen molar-refractivity contribution in [2.24, 2.45) is 0 Å². The number of amides is 4. The topological polar surface area (TPSA) is 202 Å². The molecule has 4 amide bonds. The summed E-state index contributed by atoms with van der Waals surface area (Å²) in [6.07, 6.45) is 0.753. The van der Waals surface area contributed by atoms with Crippen LogP contribution in [0.3, 0.4) is 0 Å². The minimum atomic E-state index is -0.672. The number of aromatic nitrogens is 2. The molecule has 0 saturated carbocycles. The summed E-state index contributed by atoms with van der Waals surface area (Å²) in [5.74, 6) is -0.925. The molecule has 4 aromatic rings. The number of nitrogens with zero attached hydrogens (tertiary/aromatic N) is 7. The number of morpholine rings is 1. The fraction of sp³-hybridized carbons (Fsp3) is 0.581. The Morgan fingerprint density at radius 2 is 1.14 bits per heavy atom. The SMILES string of the molecule is CC1CN(C(=O)CCCNC(=O)C2CN(C[C@H]3CN[C@H](C)CN3CC(=O)N3CC(C)(C)c4[nH]c(=O)c(Cc5ccc(F)cc5)cc43)CCO2)CCN1C[C@H]1CN[C@H](C)CN1CC(=O)N1CC(C)(C)c2[nH]c(=O)c(Cc3ccc(F)cc3)cc21. The largest absolute Gasteiger partial charge is 0.366 e. The Bertz CT molecular complexity index is 3130. The van der Waals surface area contributed by atoms with Crippen molar-refractivity contribution < 1.29 is 32.7 Å². The number of aromatic amines is 2. The van der Waals surface area contributed by atoms with Crippen LogP contribution in [0.15, 0.2) is 70.3 Å². The molecule has 6 atom stereocenters. The number of benzene rings is 2. The van der Waals surface area contributed by atoms with Crippen molar-refractivity contribution >= 4 is 35.0 Å². The van der Waals surface area contributed by atoms with Gasteiger partial charge in [0.2, 0.25) is 23.6 Å². The van der Waals surface area contributed by atoms with Gasteiger partial charge in [0.25, 0.3) is 11.1 Å². The van der Waals surface area contributed by atoms with E-state index < -0.39 is 16.9 Å². The van der Waals surface area contributed by atoms with E-state index >= 15 is 0 Å². The third kappa shape index (κ3) is 14.0. The molecule has 0 aliphatic carbocycles. The van der Waals surface area contributed by atoms with Crippen LogP contribution >= 0.6 is 0 Å². The molecule has 83 heavy (non-hydrogen) atoms. The van der Waals surface area contributed by atoms with Gasteiger partial charge in [0.1, 0.15) is 17.7 Å². The molecule has 0 bridgehead atoms. The summed E-state index contributed by atoms with van der Waals surface area (Å²) >= 11 is 0. The minimum Gasteiger partial charge on any atom is -0.366 e. The number of pyridine rings is 2. The molecule has 448 valence electrons. The van der Waals surface area contributed by atoms with Crippen LogP contribution in [0.25, 0.3) is 0 Å². The third-order valence-corrected chi connectivity index (χ3v) is 17.9. The van der Waals surface area contributed by atoms with Crippen molar-refractivity contribution in [3.8, 4) is 0 Å². The van der Waals surface area contributed by atoms with Gasteiger partial charge < -0.3 is 45.4 Å². The van der Waals surface area contributed by atoms with Crippen LogP contribution in [0.4, 0.5) is 20.2 Å². The highest BCUT2D eigenvalue weighted by Crippen LogP contribution is 2.40. The summed E-state index contributed by atoms with van der Waals surface area (Å²) in [6.45, 7) is 23.5. The molecule has 5 N–H and O–H groups in total. The fourth-order valence-corrected chi connectivity index (χ4v) is 13.2. The highest BCUT2D eigenvalue weighted by Gasteiger charge is 2.43. The second-order valence-corrected chi connectivity index (χ2v) is 25.6. The van der Waals surface area contributed by atoms with E-state index in [1.165, 1.54) is 24.3 Å². The maximum atomic E-state index is 14.4. The summed E-state index contributed by atoms with van der Waals surface area (Å²) in [4.78, 5) is 103. The number of piperazine rings is 3. The van der Waals surface area contributed by atoms with Crippen LogP contribution in [0.2, 0.25) is 0 Å². The number of nitrogens with one attached hydrogen (secondary N) is 5. The summed E-state index contributed by atoms with van der Waals surface area (Å²) < 4.78 is 33.3. The number of carbonyl (C=O) groups excluding carboxylic acids is 4. The monoisotopic (exact) mass is 1150 g/mol. The molecule has 2 aromatic carbocycles. The standard InChI is InChI=1S/C62H84F2N12O7/c1-39-29-73(35-54(78)75-37-61(4,5)56-50(75)25-44(58(80)68-56)23-42-10-14-46(63)15-11-42)48(27-66-39)32-70-21-22-83-52(34-70)60(82)65-18-8-9-53(77)72-20-19-71(41(3)31-72)33-49-28-67-40(2)30-74(49)36-55(79)76-38-62(6,7)57-51(76)26-45(59(81)69-57)24-43-12-16-47(64)17-13-43/h10-17,25-26,39-41,48-49,52,66-67H,8-9,18-24,27-38H2,1-7H3,(H,65,82)(H,68,80)(H,69,81)/t39-,40-,41?,48-,49-,52?/m1/s1. The lowest BCUT2D eigenvalue weighted by Crippen LogP contribution is -2.63. The smallest absolute Gasteiger partial charge is 0.251 e. The Labute approximate surface area is 485 Å². The Kier molecular flexibility index (Phi) is 18.2. The molecule has 2 aromatic heterocycles. The van der Waals surface area contributed by atoms with Crippen molar-refractivity contribution in [2.45, 2.75) is 121 Å². The van der Waals surface area contributed by atoms with Gasteiger partial charge in [-0.15, -0.1) is 0 Å². The molecule has 8 heterocycles. The average Bonchev–Trinajstić information content (AvgIpc) is 4.11. The Morgan fingerprint density at radius 3 is 1.65 bits per heavy atom. The van der Waals surface area contributed by atoms with Crippen LogP contribution in [-0.2, 0) is 47.6 Å². The predicted octanol–water partition coefficient (Wildman–Crippen LogP) is 2.93. The van der Waals surface area contributed by atoms with Gasteiger partial charge in [0, 0.05) is 174 Å². The summed E-state index contributed by atoms with van der Waals surface area (Å²) in [7, 11) is 0. The van der Waals surface area contributed by atoms with Gasteiger partial charge in [0.15, 0.2) is 0 Å². The number of anilines is 2. The number of hydrogen-bond acceptors (Lipinski definition) is 13. The van der Waals surface area contributed by atoms with Gasteiger partial charge in [-0.1, -0.05) is 52.0 Å². The first kappa shape index (κ1) is 59.9. The highest BCUT2D eigenvalue weighted by molar-refractivity contribution is 5.98. The van der Waals surface area contributed by atoms with Gasteiger partial charge in [0.05, 0.1) is 31.1 Å². The number of carbonyl (C=O) groups is 4. The summed E-state index contributed by atoms with van der Waals surface area (Å²) in [5, 5.41) is 10.2. The Hall–Kier alpha value is -6.20. The maximum absolute atomic E-state index is 14.4. The Balaban J connectivity index is 0.669. The number of fused-ring (bicyclic) bond motifs is 2. The highest BCUT2D eigenvalue weighted by atomic mass is 19.1. The molecule has 2 unspecified atom stereocenters. The zero-order valence-corrected chi connectivity index (χ0v) is 49.3. The number of hydrogen-bond donors (Lipinski definition) is 5. The van der Waals surface area contributed by atoms with E-state index in [4.69, 9.17) is 4.74 Å². The van der Waals surface area contributed by atoms with Gasteiger partial charge in [-0.05, 0) is 74.7 Å². The molecule has 6 aliphatic heterocycles. The van der Waals surface area contributed by atoms with Crippen molar-refractivity contribution in [3.05, 3.63) is 127 Å². The van der Waals surface area contributed by atoms with Gasteiger partial charge >= 0.3 is 0 Å². The summed E-state index contributed by atoms with van der Waals surface area (Å²) in [6, 6.07) is 16.3. The number of ether oxygens (including phenoxy) is 1. The minimum absolute atomic E-state index is 0.00854. The van der Waals surface area contributed by atoms with Crippen LogP contribution in [0.5, 0.6) is 0 Å². The van der Waals surface area contributed by atoms with Crippen LogP contribution in [-0.4, -0.2) is 206 Å². The third-order valence-electron chi connectivity index (χ3n) is 17.9. The molecule has 4 fully saturated rings. The molecular formula is C62H84F2N12O7. The number of H-pyrrole nitrogens is 2. The second-order valence-electron chi connectivity index (χ2n) is 25.6. The van der Waals surface area contributed by atoms with Crippen molar-refractivity contribution in [1.29, 1.82) is 0 Å². The first-order valence-corrected chi connectivity index (χ1v) is 29.8. The van der Waals surface area contributed by atoms with E-state index in [1.54, 1.807) is 29.2 Å². The van der Waals surface area contributed by atoms with Crippen molar-refractivity contribution in [1.82, 2.24) is 50.4 Å². The molecule has 10 rings (SSSR count). The first-order chi connectivity index (χ1) is 39.6. The van der Waals surface area contributed by atoms with Crippen LogP contribution < -0.4 is 36.9 Å². The predicted molar refractivity (Wildman–Crippen MR) is 315 cm³/mol. The average molecular weight is 1150 g/mol. The zero-order chi connectivity index (χ0) is 58.9. The number of halogens is 2. The lowest BCUT2D eigenvalue weighted by molar-refractivity contribution is -0.139. The first-order valence-electron chi connectivity index (χ1n) is 29.8. The molecular weight excluding hydrogens is 1060 g/mol. The van der Waals surface area contributed by atoms with Gasteiger partial charge in [-0.2, -0.15) is 0 Å². The lowest BCUT2D eigenvalue weighted by atomic mass is 9.91. The summed E-state index contributed by atoms with van der Waals surface area (Å²) in [5.41, 5.74) is 4.17.